The van der Waals surface area contributed by atoms with Gasteiger partial charge in [0.05, 0.1) is 23.6 Å². The number of aromatic nitrogens is 4. The monoisotopic (exact) mass is 362 g/mol. The van der Waals surface area contributed by atoms with Crippen molar-refractivity contribution in [3.8, 4) is 17.1 Å². The Bertz CT molecular complexity index is 939. The number of rotatable bonds is 3. The smallest absolute Gasteiger partial charge is 0.182 e. The first-order valence-corrected chi connectivity index (χ1v) is 9.63. The Kier molecular flexibility index (Phi) is 4.79. The standard InChI is InChI=1S/C22H26N4O/c1-14-8-5-6-9-19(14)21-24-22(18-12-15(2)27-16(3)13-18)26(25-21)20-10-7-11-23-17(20)4/h5-11,15-16,18H,12-13H2,1-4H3/t15-,16+,18?. The average molecular weight is 362 g/mol. The van der Waals surface area contributed by atoms with Gasteiger partial charge in [-0.3, -0.25) is 4.98 Å². The molecule has 0 radical (unpaired) electrons. The lowest BCUT2D eigenvalue weighted by atomic mass is 9.91. The Balaban J connectivity index is 1.86. The molecule has 0 N–H and O–H groups in total. The molecule has 0 spiro atoms. The predicted octanol–water partition coefficient (Wildman–Crippen LogP) is 4.62. The van der Waals surface area contributed by atoms with Gasteiger partial charge in [0.2, 0.25) is 0 Å². The van der Waals surface area contributed by atoms with Gasteiger partial charge in [0, 0.05) is 17.7 Å². The molecule has 0 saturated carbocycles. The SMILES string of the molecule is Cc1ccccc1-c1nc(C2C[C@@H](C)O[C@@H](C)C2)n(-c2cccnc2C)n1. The van der Waals surface area contributed by atoms with Crippen LogP contribution in [0.3, 0.4) is 0 Å². The minimum atomic E-state index is 0.223. The van der Waals surface area contributed by atoms with Crippen molar-refractivity contribution in [2.24, 2.45) is 0 Å². The molecule has 1 aliphatic heterocycles. The molecule has 140 valence electrons. The second kappa shape index (κ2) is 7.24. The van der Waals surface area contributed by atoms with Gasteiger partial charge in [-0.25, -0.2) is 9.67 Å². The number of pyridine rings is 1. The molecular formula is C22H26N4O. The van der Waals surface area contributed by atoms with Crippen LogP contribution in [0.25, 0.3) is 17.1 Å². The normalized spacial score (nSPS) is 22.7. The Morgan fingerprint density at radius 2 is 1.74 bits per heavy atom. The lowest BCUT2D eigenvalue weighted by molar-refractivity contribution is -0.0393. The number of hydrogen-bond acceptors (Lipinski definition) is 4. The number of benzene rings is 1. The fourth-order valence-corrected chi connectivity index (χ4v) is 4.02. The van der Waals surface area contributed by atoms with E-state index in [4.69, 9.17) is 14.8 Å². The average Bonchev–Trinajstić information content (AvgIpc) is 3.06. The summed E-state index contributed by atoms with van der Waals surface area (Å²) in [4.78, 5) is 9.48. The highest BCUT2D eigenvalue weighted by Crippen LogP contribution is 2.35. The third-order valence-corrected chi connectivity index (χ3v) is 5.29. The fraction of sp³-hybridized carbons (Fsp3) is 0.409. The largest absolute Gasteiger partial charge is 0.376 e. The maximum atomic E-state index is 5.95. The molecule has 1 aliphatic rings. The zero-order valence-electron chi connectivity index (χ0n) is 16.4. The van der Waals surface area contributed by atoms with Gasteiger partial charge in [0.25, 0.3) is 0 Å². The van der Waals surface area contributed by atoms with Crippen molar-refractivity contribution in [2.75, 3.05) is 0 Å². The minimum absolute atomic E-state index is 0.223. The lowest BCUT2D eigenvalue weighted by Crippen LogP contribution is -2.29. The maximum Gasteiger partial charge on any atom is 0.182 e. The molecule has 1 saturated heterocycles. The summed E-state index contributed by atoms with van der Waals surface area (Å²) in [6, 6.07) is 12.3. The number of hydrogen-bond donors (Lipinski definition) is 0. The topological polar surface area (TPSA) is 52.8 Å². The Hall–Kier alpha value is -2.53. The minimum Gasteiger partial charge on any atom is -0.376 e. The third-order valence-electron chi connectivity index (χ3n) is 5.29. The highest BCUT2D eigenvalue weighted by atomic mass is 16.5. The highest BCUT2D eigenvalue weighted by Gasteiger charge is 2.30. The van der Waals surface area contributed by atoms with Crippen LogP contribution >= 0.6 is 0 Å². The summed E-state index contributed by atoms with van der Waals surface area (Å²) in [7, 11) is 0. The molecule has 5 nitrogen and oxygen atoms in total. The fourth-order valence-electron chi connectivity index (χ4n) is 4.02. The molecule has 4 rings (SSSR count). The molecule has 0 bridgehead atoms. The van der Waals surface area contributed by atoms with Gasteiger partial charge in [0.1, 0.15) is 5.82 Å². The van der Waals surface area contributed by atoms with Crippen LogP contribution in [0.4, 0.5) is 0 Å². The van der Waals surface area contributed by atoms with E-state index in [9.17, 15) is 0 Å². The van der Waals surface area contributed by atoms with Crippen LogP contribution in [0.2, 0.25) is 0 Å². The van der Waals surface area contributed by atoms with Crippen LogP contribution in [0.15, 0.2) is 42.6 Å². The Morgan fingerprint density at radius 3 is 2.44 bits per heavy atom. The highest BCUT2D eigenvalue weighted by molar-refractivity contribution is 5.60. The van der Waals surface area contributed by atoms with E-state index in [-0.39, 0.29) is 12.2 Å². The van der Waals surface area contributed by atoms with Crippen LogP contribution in [0.5, 0.6) is 0 Å². The van der Waals surface area contributed by atoms with Crippen molar-refractivity contribution in [1.29, 1.82) is 0 Å². The molecule has 1 aromatic carbocycles. The first-order chi connectivity index (χ1) is 13.0. The Morgan fingerprint density at radius 1 is 1.00 bits per heavy atom. The molecule has 0 amide bonds. The lowest BCUT2D eigenvalue weighted by Gasteiger charge is -2.31. The quantitative estimate of drug-likeness (QED) is 0.682. The van der Waals surface area contributed by atoms with Crippen LogP contribution < -0.4 is 0 Å². The second-order valence-corrected chi connectivity index (χ2v) is 7.55. The van der Waals surface area contributed by atoms with Crippen molar-refractivity contribution in [1.82, 2.24) is 19.7 Å². The second-order valence-electron chi connectivity index (χ2n) is 7.55. The van der Waals surface area contributed by atoms with Gasteiger partial charge < -0.3 is 4.74 Å². The van der Waals surface area contributed by atoms with E-state index < -0.39 is 0 Å². The summed E-state index contributed by atoms with van der Waals surface area (Å²) in [5, 5.41) is 4.92. The van der Waals surface area contributed by atoms with Gasteiger partial charge >= 0.3 is 0 Å². The van der Waals surface area contributed by atoms with E-state index in [0.29, 0.717) is 5.92 Å². The van der Waals surface area contributed by atoms with Crippen LogP contribution in [-0.2, 0) is 4.74 Å². The van der Waals surface area contributed by atoms with E-state index in [2.05, 4.69) is 44.0 Å². The van der Waals surface area contributed by atoms with E-state index in [1.807, 2.05) is 36.0 Å². The molecular weight excluding hydrogens is 336 g/mol. The summed E-state index contributed by atoms with van der Waals surface area (Å²) in [6.07, 6.45) is 4.17. The maximum absolute atomic E-state index is 5.95. The van der Waals surface area contributed by atoms with Crippen molar-refractivity contribution >= 4 is 0 Å². The number of ether oxygens (including phenoxy) is 1. The molecule has 0 aliphatic carbocycles. The number of aryl methyl sites for hydroxylation is 2. The van der Waals surface area contributed by atoms with E-state index in [1.54, 1.807) is 0 Å². The number of nitrogens with zero attached hydrogens (tertiary/aromatic N) is 4. The van der Waals surface area contributed by atoms with Crippen molar-refractivity contribution in [3.05, 3.63) is 59.7 Å². The van der Waals surface area contributed by atoms with E-state index in [0.717, 1.165) is 41.4 Å². The zero-order valence-corrected chi connectivity index (χ0v) is 16.4. The third kappa shape index (κ3) is 3.52. The summed E-state index contributed by atoms with van der Waals surface area (Å²) >= 11 is 0. The van der Waals surface area contributed by atoms with Crippen molar-refractivity contribution in [3.63, 3.8) is 0 Å². The summed E-state index contributed by atoms with van der Waals surface area (Å²) in [5.41, 5.74) is 4.20. The molecule has 5 heteroatoms. The van der Waals surface area contributed by atoms with Crippen LogP contribution in [-0.4, -0.2) is 32.0 Å². The van der Waals surface area contributed by atoms with Gasteiger partial charge in [-0.2, -0.15) is 0 Å². The molecule has 3 atom stereocenters. The molecule has 1 unspecified atom stereocenters. The van der Waals surface area contributed by atoms with Gasteiger partial charge in [-0.1, -0.05) is 24.3 Å². The first kappa shape index (κ1) is 17.9. The van der Waals surface area contributed by atoms with E-state index >= 15 is 0 Å². The summed E-state index contributed by atoms with van der Waals surface area (Å²) in [6.45, 7) is 8.40. The van der Waals surface area contributed by atoms with Gasteiger partial charge in [-0.05, 0) is 58.2 Å². The molecule has 3 heterocycles. The Labute approximate surface area is 160 Å². The zero-order chi connectivity index (χ0) is 19.0. The van der Waals surface area contributed by atoms with Gasteiger partial charge in [0.15, 0.2) is 5.82 Å². The van der Waals surface area contributed by atoms with E-state index in [1.165, 1.54) is 5.56 Å². The van der Waals surface area contributed by atoms with Crippen molar-refractivity contribution < 1.29 is 4.74 Å². The van der Waals surface area contributed by atoms with Crippen LogP contribution in [0.1, 0.15) is 49.7 Å². The molecule has 27 heavy (non-hydrogen) atoms. The molecule has 2 aromatic heterocycles. The summed E-state index contributed by atoms with van der Waals surface area (Å²) < 4.78 is 7.95. The summed E-state index contributed by atoms with van der Waals surface area (Å²) in [5.74, 6) is 2.10. The van der Waals surface area contributed by atoms with Crippen molar-refractivity contribution in [2.45, 2.75) is 58.7 Å². The molecule has 1 fully saturated rings. The molecule has 3 aromatic rings. The first-order valence-electron chi connectivity index (χ1n) is 9.63. The predicted molar refractivity (Wildman–Crippen MR) is 106 cm³/mol. The van der Waals surface area contributed by atoms with Gasteiger partial charge in [-0.15, -0.1) is 5.10 Å². The van der Waals surface area contributed by atoms with Crippen LogP contribution in [0, 0.1) is 13.8 Å².